The van der Waals surface area contributed by atoms with Gasteiger partial charge in [0, 0.05) is 39.3 Å². The Morgan fingerprint density at radius 1 is 0.361 bits per heavy atom. The van der Waals surface area contributed by atoms with E-state index in [2.05, 4.69) is 210 Å². The van der Waals surface area contributed by atoms with Crippen molar-refractivity contribution in [3.05, 3.63) is 198 Å². The van der Waals surface area contributed by atoms with Crippen molar-refractivity contribution in [2.45, 2.75) is 70.6 Å². The van der Waals surface area contributed by atoms with Gasteiger partial charge in [0.15, 0.2) is 0 Å². The monoisotopic (exact) mass is 789 g/mol. The third-order valence-corrected chi connectivity index (χ3v) is 14.2. The summed E-state index contributed by atoms with van der Waals surface area (Å²) in [6.07, 6.45) is 2.39. The van der Waals surface area contributed by atoms with E-state index < -0.39 is 0 Å². The number of hydrogen-bond donors (Lipinski definition) is 0. The van der Waals surface area contributed by atoms with Crippen LogP contribution in [0, 0.1) is 0 Å². The number of rotatable bonds is 6. The minimum atomic E-state index is -0.112. The maximum absolute atomic E-state index is 6.43. The summed E-state index contributed by atoms with van der Waals surface area (Å²) < 4.78 is 6.43. The van der Waals surface area contributed by atoms with Crippen molar-refractivity contribution in [3.8, 4) is 44.5 Å². The Morgan fingerprint density at radius 3 is 1.69 bits per heavy atom. The molecular formula is C59H51NO. The SMILES string of the molecule is CC1(C)CCC(C)(C)c2cc(-c3cc4c(cc3-c3ccc(N(c5ccc(-c6ccccc6)cc5)c5ccc6c(c5)oc5ccccc56)cc3)C(C)(C)c3ccccc3-4)ccc21. The van der Waals surface area contributed by atoms with Crippen LogP contribution in [0.25, 0.3) is 66.4 Å². The summed E-state index contributed by atoms with van der Waals surface area (Å²) in [5.41, 5.74) is 21.0. The Hall–Kier alpha value is -6.64. The third kappa shape index (κ3) is 6.06. The highest BCUT2D eigenvalue weighted by atomic mass is 16.3. The standard InChI is InChI=1S/C59H51NO/c1-57(2)32-33-58(3,4)54-34-41(24-31-52(54)57)48-36-50-45-16-10-12-18-51(45)59(5,6)53(50)37-49(48)40-22-27-43(28-23-40)60(42-25-20-39(21-26-42)38-14-8-7-9-15-38)44-29-30-47-46-17-11-13-19-55(46)61-56(47)35-44/h7-31,34-37H,32-33H2,1-6H3. The lowest BCUT2D eigenvalue weighted by atomic mass is 9.63. The first-order valence-electron chi connectivity index (χ1n) is 21.9. The summed E-state index contributed by atoms with van der Waals surface area (Å²) in [6, 6.07) is 65.0. The molecule has 2 nitrogen and oxygen atoms in total. The second kappa shape index (κ2) is 13.7. The smallest absolute Gasteiger partial charge is 0.137 e. The summed E-state index contributed by atoms with van der Waals surface area (Å²) in [5, 5.41) is 2.26. The van der Waals surface area contributed by atoms with Gasteiger partial charge in [-0.25, -0.2) is 0 Å². The molecule has 0 amide bonds. The predicted octanol–water partition coefficient (Wildman–Crippen LogP) is 16.7. The molecule has 8 aromatic carbocycles. The molecule has 2 aliphatic carbocycles. The lowest BCUT2D eigenvalue weighted by Crippen LogP contribution is -2.33. The molecule has 2 heteroatoms. The van der Waals surface area contributed by atoms with E-state index in [9.17, 15) is 0 Å². The first-order chi connectivity index (χ1) is 29.5. The lowest BCUT2D eigenvalue weighted by Gasteiger charge is -2.42. The van der Waals surface area contributed by atoms with Crippen LogP contribution in [0.3, 0.4) is 0 Å². The molecule has 298 valence electrons. The normalized spacial score (nSPS) is 15.6. The summed E-state index contributed by atoms with van der Waals surface area (Å²) in [7, 11) is 0. The average Bonchev–Trinajstić information content (AvgIpc) is 3.76. The van der Waals surface area contributed by atoms with Crippen molar-refractivity contribution in [2.24, 2.45) is 0 Å². The van der Waals surface area contributed by atoms with Gasteiger partial charge in [-0.15, -0.1) is 0 Å². The Bertz CT molecular complexity index is 3140. The number of nitrogens with zero attached hydrogens (tertiary/aromatic N) is 1. The van der Waals surface area contributed by atoms with E-state index in [4.69, 9.17) is 4.42 Å². The van der Waals surface area contributed by atoms with Crippen molar-refractivity contribution < 1.29 is 4.42 Å². The minimum Gasteiger partial charge on any atom is -0.456 e. The third-order valence-electron chi connectivity index (χ3n) is 14.2. The fourth-order valence-electron chi connectivity index (χ4n) is 10.5. The van der Waals surface area contributed by atoms with Crippen molar-refractivity contribution in [1.29, 1.82) is 0 Å². The van der Waals surface area contributed by atoms with Crippen molar-refractivity contribution >= 4 is 39.0 Å². The molecule has 0 spiro atoms. The van der Waals surface area contributed by atoms with Crippen LogP contribution in [-0.2, 0) is 16.2 Å². The number of benzene rings is 8. The second-order valence-electron chi connectivity index (χ2n) is 19.2. The highest BCUT2D eigenvalue weighted by molar-refractivity contribution is 6.06. The van der Waals surface area contributed by atoms with Crippen molar-refractivity contribution in [3.63, 3.8) is 0 Å². The minimum absolute atomic E-state index is 0.112. The van der Waals surface area contributed by atoms with Gasteiger partial charge in [0.25, 0.3) is 0 Å². The van der Waals surface area contributed by atoms with Crippen LogP contribution in [-0.4, -0.2) is 0 Å². The molecule has 0 saturated heterocycles. The molecule has 11 rings (SSSR count). The Morgan fingerprint density at radius 2 is 0.934 bits per heavy atom. The van der Waals surface area contributed by atoms with E-state index in [1.807, 2.05) is 12.1 Å². The molecule has 0 radical (unpaired) electrons. The maximum Gasteiger partial charge on any atom is 0.137 e. The predicted molar refractivity (Wildman–Crippen MR) is 258 cm³/mol. The van der Waals surface area contributed by atoms with Crippen LogP contribution >= 0.6 is 0 Å². The molecule has 0 fully saturated rings. The van der Waals surface area contributed by atoms with Gasteiger partial charge < -0.3 is 9.32 Å². The highest BCUT2D eigenvalue weighted by Crippen LogP contribution is 2.53. The summed E-state index contributed by atoms with van der Waals surface area (Å²) in [4.78, 5) is 2.35. The molecule has 61 heavy (non-hydrogen) atoms. The largest absolute Gasteiger partial charge is 0.456 e. The molecule has 0 saturated carbocycles. The topological polar surface area (TPSA) is 16.4 Å². The number of anilines is 3. The Balaban J connectivity index is 1.07. The molecule has 1 heterocycles. The van der Waals surface area contributed by atoms with Gasteiger partial charge in [-0.05, 0) is 145 Å². The maximum atomic E-state index is 6.43. The summed E-state index contributed by atoms with van der Waals surface area (Å²) >= 11 is 0. The molecule has 9 aromatic rings. The van der Waals surface area contributed by atoms with E-state index in [-0.39, 0.29) is 16.2 Å². The fourth-order valence-corrected chi connectivity index (χ4v) is 10.5. The van der Waals surface area contributed by atoms with Gasteiger partial charge in [0.1, 0.15) is 11.2 Å². The van der Waals surface area contributed by atoms with Gasteiger partial charge in [-0.2, -0.15) is 0 Å². The first kappa shape index (κ1) is 37.4. The van der Waals surface area contributed by atoms with E-state index >= 15 is 0 Å². The number of fused-ring (bicyclic) bond motifs is 7. The molecule has 0 atom stereocenters. The Labute approximate surface area is 360 Å². The van der Waals surface area contributed by atoms with Crippen molar-refractivity contribution in [1.82, 2.24) is 0 Å². The fraction of sp³-hybridized carbons (Fsp3) is 0.186. The van der Waals surface area contributed by atoms with Crippen LogP contribution in [0.1, 0.15) is 76.6 Å². The van der Waals surface area contributed by atoms with Gasteiger partial charge in [0.2, 0.25) is 0 Å². The number of para-hydroxylation sites is 1. The number of furan rings is 1. The lowest BCUT2D eigenvalue weighted by molar-refractivity contribution is 0.332. The molecule has 1 aromatic heterocycles. The molecule has 0 unspecified atom stereocenters. The van der Waals surface area contributed by atoms with E-state index in [0.717, 1.165) is 39.0 Å². The highest BCUT2D eigenvalue weighted by Gasteiger charge is 2.39. The molecule has 0 bridgehead atoms. The zero-order valence-electron chi connectivity index (χ0n) is 36.0. The second-order valence-corrected chi connectivity index (χ2v) is 19.2. The average molecular weight is 790 g/mol. The van der Waals surface area contributed by atoms with E-state index in [1.165, 1.54) is 79.6 Å². The van der Waals surface area contributed by atoms with Crippen LogP contribution in [0.4, 0.5) is 17.1 Å². The Kier molecular flexibility index (Phi) is 8.39. The van der Waals surface area contributed by atoms with Crippen LogP contribution in [0.5, 0.6) is 0 Å². The molecular weight excluding hydrogens is 739 g/mol. The summed E-state index contributed by atoms with van der Waals surface area (Å²) in [6.45, 7) is 14.5. The molecule has 2 aliphatic rings. The van der Waals surface area contributed by atoms with E-state index in [0.29, 0.717) is 0 Å². The van der Waals surface area contributed by atoms with Gasteiger partial charge in [0.05, 0.1) is 0 Å². The molecule has 0 aliphatic heterocycles. The van der Waals surface area contributed by atoms with Gasteiger partial charge >= 0.3 is 0 Å². The van der Waals surface area contributed by atoms with Crippen LogP contribution < -0.4 is 4.90 Å². The molecule has 0 N–H and O–H groups in total. The van der Waals surface area contributed by atoms with Crippen LogP contribution in [0.15, 0.2) is 180 Å². The zero-order chi connectivity index (χ0) is 41.7. The zero-order valence-corrected chi connectivity index (χ0v) is 36.0. The number of hydrogen-bond acceptors (Lipinski definition) is 2. The van der Waals surface area contributed by atoms with Gasteiger partial charge in [-0.3, -0.25) is 0 Å². The van der Waals surface area contributed by atoms with Crippen molar-refractivity contribution in [2.75, 3.05) is 4.90 Å². The quantitative estimate of drug-likeness (QED) is 0.167. The first-order valence-corrected chi connectivity index (χ1v) is 21.9. The summed E-state index contributed by atoms with van der Waals surface area (Å²) in [5.74, 6) is 0. The van der Waals surface area contributed by atoms with Crippen LogP contribution in [0.2, 0.25) is 0 Å². The van der Waals surface area contributed by atoms with Gasteiger partial charge in [-0.1, -0.05) is 157 Å². The van der Waals surface area contributed by atoms with E-state index in [1.54, 1.807) is 0 Å².